The van der Waals surface area contributed by atoms with Crippen LogP contribution in [-0.2, 0) is 9.47 Å². The summed E-state index contributed by atoms with van der Waals surface area (Å²) >= 11 is -0.626. The summed E-state index contributed by atoms with van der Waals surface area (Å²) in [7, 11) is 0. The van der Waals surface area contributed by atoms with Crippen molar-refractivity contribution in [3.05, 3.63) is 0 Å². The van der Waals surface area contributed by atoms with Crippen molar-refractivity contribution in [1.29, 1.82) is 0 Å². The van der Waals surface area contributed by atoms with E-state index in [2.05, 4.69) is 14.0 Å². The Labute approximate surface area is 136 Å². The van der Waals surface area contributed by atoms with E-state index in [0.717, 1.165) is 24.4 Å². The molecular formula is C14H20I2N2O2. The van der Waals surface area contributed by atoms with E-state index in [9.17, 15) is 0 Å². The van der Waals surface area contributed by atoms with Crippen LogP contribution in [0.5, 0.6) is 0 Å². The van der Waals surface area contributed by atoms with Crippen LogP contribution in [0.3, 0.4) is 0 Å². The number of fused-ring (bicyclic) bond motifs is 6. The van der Waals surface area contributed by atoms with Crippen LogP contribution in [0.1, 0.15) is 26.2 Å². The van der Waals surface area contributed by atoms with Crippen LogP contribution in [0.25, 0.3) is 0 Å². The van der Waals surface area contributed by atoms with Crippen molar-refractivity contribution in [1.82, 2.24) is 7.06 Å². The first-order valence-corrected chi connectivity index (χ1v) is 13.6. The Morgan fingerprint density at radius 2 is 2.25 bits per heavy atom. The zero-order valence-electron chi connectivity index (χ0n) is 11.5. The number of hydrogen-bond donors (Lipinski definition) is 2. The molecule has 0 aromatic heterocycles. The van der Waals surface area contributed by atoms with Gasteiger partial charge in [0.15, 0.2) is 0 Å². The van der Waals surface area contributed by atoms with Crippen LogP contribution in [0.15, 0.2) is 0 Å². The van der Waals surface area contributed by atoms with E-state index in [4.69, 9.17) is 9.47 Å². The molecule has 6 unspecified atom stereocenters. The molecule has 20 heavy (non-hydrogen) atoms. The van der Waals surface area contributed by atoms with Gasteiger partial charge in [-0.25, -0.2) is 0 Å². The van der Waals surface area contributed by atoms with E-state index in [1.54, 1.807) is 0 Å². The average Bonchev–Trinajstić information content (AvgIpc) is 3.02. The summed E-state index contributed by atoms with van der Waals surface area (Å²) in [6.07, 6.45) is 4.38. The molecule has 0 radical (unpaired) electrons. The molecule has 0 aromatic rings. The molecule has 4 nitrogen and oxygen atoms in total. The molecule has 3 saturated heterocycles. The first-order chi connectivity index (χ1) is 9.72. The molecule has 2 N–H and O–H groups in total. The molecule has 4 aliphatic heterocycles. The summed E-state index contributed by atoms with van der Waals surface area (Å²) in [6, 6.07) is 0. The maximum atomic E-state index is 6.51. The molecule has 5 fully saturated rings. The van der Waals surface area contributed by atoms with Gasteiger partial charge in [-0.2, -0.15) is 0 Å². The van der Waals surface area contributed by atoms with Gasteiger partial charge in [-0.3, -0.25) is 0 Å². The van der Waals surface area contributed by atoms with Gasteiger partial charge in [-0.1, -0.05) is 0 Å². The fourth-order valence-electron chi connectivity index (χ4n) is 5.17. The van der Waals surface area contributed by atoms with Crippen LogP contribution < -0.4 is 7.06 Å². The zero-order chi connectivity index (χ0) is 13.1. The third-order valence-corrected chi connectivity index (χ3v) is 14.5. The Kier molecular flexibility index (Phi) is 2.39. The van der Waals surface area contributed by atoms with E-state index in [1.165, 1.54) is 27.4 Å². The van der Waals surface area contributed by atoms with Gasteiger partial charge < -0.3 is 0 Å². The van der Waals surface area contributed by atoms with E-state index in [-0.39, 0.29) is 27.0 Å². The molecule has 2 bridgehead atoms. The Morgan fingerprint density at radius 1 is 1.40 bits per heavy atom. The minimum absolute atomic E-state index is 0.0800. The molecule has 112 valence electrons. The number of ether oxygens (including phenoxy) is 2. The monoisotopic (exact) mass is 502 g/mol. The van der Waals surface area contributed by atoms with Crippen molar-refractivity contribution in [3.63, 3.8) is 0 Å². The summed E-state index contributed by atoms with van der Waals surface area (Å²) in [4.78, 5) is 0. The number of hydrogen-bond acceptors (Lipinski definition) is 4. The van der Waals surface area contributed by atoms with Crippen LogP contribution >= 0.6 is 41.1 Å². The fraction of sp³-hybridized carbons (Fsp3) is 0.929. The summed E-state index contributed by atoms with van der Waals surface area (Å²) in [5.74, 6) is 3.29. The second-order valence-corrected chi connectivity index (χ2v) is 14.5. The Bertz CT molecular complexity index is 535. The summed E-state index contributed by atoms with van der Waals surface area (Å²) < 4.78 is 23.3. The van der Waals surface area contributed by atoms with Crippen molar-refractivity contribution in [2.45, 2.75) is 36.1 Å². The second-order valence-electron chi connectivity index (χ2n) is 7.35. The van der Waals surface area contributed by atoms with Crippen molar-refractivity contribution in [3.8, 4) is 0 Å². The third kappa shape index (κ3) is 1.36. The molecule has 0 spiro atoms. The molecule has 0 aromatic carbocycles. The molecule has 6 atom stereocenters. The van der Waals surface area contributed by atoms with Gasteiger partial charge in [0, 0.05) is 0 Å². The topological polar surface area (TPSA) is 62.3 Å². The van der Waals surface area contributed by atoms with E-state index in [1.807, 2.05) is 0 Å². The van der Waals surface area contributed by atoms with Gasteiger partial charge in [0.1, 0.15) is 0 Å². The van der Waals surface area contributed by atoms with E-state index >= 15 is 0 Å². The van der Waals surface area contributed by atoms with Crippen molar-refractivity contribution < 1.29 is 9.47 Å². The normalized spacial score (nSPS) is 58.4. The summed E-state index contributed by atoms with van der Waals surface area (Å²) in [5.41, 5.74) is 0.323. The van der Waals surface area contributed by atoms with Crippen LogP contribution in [-0.4, -0.2) is 24.7 Å². The average molecular weight is 502 g/mol. The fourth-order valence-corrected chi connectivity index (χ4v) is 14.1. The van der Waals surface area contributed by atoms with E-state index in [0.29, 0.717) is 15.0 Å². The Morgan fingerprint density at radius 3 is 2.95 bits per heavy atom. The number of halogens is 2. The molecule has 2 saturated carbocycles. The maximum absolute atomic E-state index is 6.51. The van der Waals surface area contributed by atoms with Crippen molar-refractivity contribution in [2.24, 2.45) is 29.1 Å². The van der Waals surface area contributed by atoms with Gasteiger partial charge in [-0.05, 0) is 0 Å². The van der Waals surface area contributed by atoms with Crippen LogP contribution in [0.4, 0.5) is 0 Å². The molecule has 4 heterocycles. The molecule has 2 aliphatic carbocycles. The van der Waals surface area contributed by atoms with Gasteiger partial charge in [0.2, 0.25) is 0 Å². The number of nitrogens with one attached hydrogen (secondary N) is 2. The Hall–Kier alpha value is 1.17. The zero-order valence-corrected chi connectivity index (χ0v) is 15.8. The first kappa shape index (κ1) is 12.6. The van der Waals surface area contributed by atoms with E-state index < -0.39 is 20.4 Å². The second kappa shape index (κ2) is 3.80. The predicted molar refractivity (Wildman–Crippen MR) is 93.7 cm³/mol. The van der Waals surface area contributed by atoms with Gasteiger partial charge in [-0.15, -0.1) is 0 Å². The summed E-state index contributed by atoms with van der Waals surface area (Å²) in [6.45, 7) is 3.42. The quantitative estimate of drug-likeness (QED) is 0.205. The number of alkyl halides is 2. The predicted octanol–water partition coefficient (Wildman–Crippen LogP) is 2.34. The summed E-state index contributed by atoms with van der Waals surface area (Å²) in [5, 5.41) is 0. The van der Waals surface area contributed by atoms with Crippen molar-refractivity contribution in [2.75, 3.05) is 11.0 Å². The van der Waals surface area contributed by atoms with Gasteiger partial charge in [0.05, 0.1) is 0 Å². The molecule has 6 heteroatoms. The van der Waals surface area contributed by atoms with Gasteiger partial charge in [0.25, 0.3) is 0 Å². The van der Waals surface area contributed by atoms with Crippen molar-refractivity contribution >= 4 is 44.8 Å². The van der Waals surface area contributed by atoms with Gasteiger partial charge >= 0.3 is 138 Å². The number of rotatable bonds is 3. The third-order valence-electron chi connectivity index (χ3n) is 6.68. The van der Waals surface area contributed by atoms with Crippen LogP contribution in [0, 0.1) is 29.1 Å². The van der Waals surface area contributed by atoms with Crippen LogP contribution in [0.2, 0.25) is 0 Å². The SMILES string of the molecule is CC12C3CCC(C3)C1COC2OC1=ICC1C12NI1N2. The molecule has 6 aliphatic rings. The molecule has 0 amide bonds. The molecule has 6 rings (SSSR count). The minimum atomic E-state index is -0.804. The first-order valence-electron chi connectivity index (χ1n) is 7.71. The molecular weight excluding hydrogens is 482 g/mol. The standard InChI is InChI=1S/C14H20I2N2O2/c1-13-8-3-2-7(4-8)10(13)6-19-12(13)20-11-9(5-15-11)14-16(17-14)18-14/h7-10,12,17-18H,2-6H2,1H3. The Balaban J connectivity index is 1.25.